The predicted molar refractivity (Wildman–Crippen MR) is 76.8 cm³/mol. The molecule has 0 radical (unpaired) electrons. The van der Waals surface area contributed by atoms with Crippen LogP contribution in [0.1, 0.15) is 18.4 Å². The molecule has 0 spiro atoms. The molecule has 0 atom stereocenters. The molecule has 0 saturated heterocycles. The highest BCUT2D eigenvalue weighted by Crippen LogP contribution is 2.00. The average Bonchev–Trinajstić information content (AvgIpc) is 2.49. The van der Waals surface area contributed by atoms with Crippen LogP contribution in [0.4, 0.5) is 0 Å². The van der Waals surface area contributed by atoms with E-state index < -0.39 is 5.91 Å². The fraction of sp³-hybridized carbons (Fsp3) is 0.200. The molecule has 5 nitrogen and oxygen atoms in total. The Hall–Kier alpha value is -2.40. The van der Waals surface area contributed by atoms with Crippen LogP contribution in [0.15, 0.2) is 48.6 Å². The Bertz CT molecular complexity index is 481. The summed E-state index contributed by atoms with van der Waals surface area (Å²) in [6.07, 6.45) is 7.41. The van der Waals surface area contributed by atoms with E-state index in [1.807, 2.05) is 36.4 Å². The summed E-state index contributed by atoms with van der Waals surface area (Å²) in [5, 5.41) is 10.9. The summed E-state index contributed by atoms with van der Waals surface area (Å²) >= 11 is 0. The number of hydrogen-bond donors (Lipinski definition) is 3. The molecule has 1 aromatic rings. The van der Waals surface area contributed by atoms with Crippen molar-refractivity contribution < 1.29 is 14.8 Å². The lowest BCUT2D eigenvalue weighted by Gasteiger charge is -2.00. The van der Waals surface area contributed by atoms with Crippen LogP contribution in [0, 0.1) is 0 Å². The minimum absolute atomic E-state index is 0.175. The van der Waals surface area contributed by atoms with Gasteiger partial charge in [-0.25, -0.2) is 5.48 Å². The molecule has 20 heavy (non-hydrogen) atoms. The Balaban J connectivity index is 2.20. The van der Waals surface area contributed by atoms with Gasteiger partial charge < -0.3 is 5.32 Å². The maximum atomic E-state index is 11.4. The predicted octanol–water partition coefficient (Wildman–Crippen LogP) is 1.66. The van der Waals surface area contributed by atoms with Crippen LogP contribution in [-0.2, 0) is 9.59 Å². The van der Waals surface area contributed by atoms with E-state index in [2.05, 4.69) is 5.32 Å². The largest absolute Gasteiger partial charge is 0.353 e. The summed E-state index contributed by atoms with van der Waals surface area (Å²) in [6, 6.07) is 9.77. The van der Waals surface area contributed by atoms with Crippen molar-refractivity contribution in [3.05, 3.63) is 54.1 Å². The monoisotopic (exact) mass is 274 g/mol. The Kier molecular flexibility index (Phi) is 7.45. The molecule has 1 rings (SSSR count). The first-order valence-electron chi connectivity index (χ1n) is 6.33. The van der Waals surface area contributed by atoms with E-state index in [1.165, 1.54) is 11.6 Å². The Morgan fingerprint density at radius 3 is 2.60 bits per heavy atom. The van der Waals surface area contributed by atoms with Gasteiger partial charge in [0.25, 0.3) is 0 Å². The lowest BCUT2D eigenvalue weighted by molar-refractivity contribution is -0.129. The second-order valence-corrected chi connectivity index (χ2v) is 4.06. The molecule has 0 aliphatic rings. The SMILES string of the molecule is O=C(/C=C/C=C/c1ccccc1)NCCCC(=O)NO. The van der Waals surface area contributed by atoms with Crippen LogP contribution in [0.5, 0.6) is 0 Å². The van der Waals surface area contributed by atoms with E-state index in [-0.39, 0.29) is 12.3 Å². The normalized spacial score (nSPS) is 10.8. The van der Waals surface area contributed by atoms with Gasteiger partial charge in [0.15, 0.2) is 0 Å². The molecule has 106 valence electrons. The lowest BCUT2D eigenvalue weighted by atomic mass is 10.2. The van der Waals surface area contributed by atoms with Crippen molar-refractivity contribution in [2.45, 2.75) is 12.8 Å². The zero-order chi connectivity index (χ0) is 14.6. The fourth-order valence-electron chi connectivity index (χ4n) is 1.45. The Labute approximate surface area is 118 Å². The summed E-state index contributed by atoms with van der Waals surface area (Å²) < 4.78 is 0. The molecule has 0 aliphatic carbocycles. The van der Waals surface area contributed by atoms with Crippen molar-refractivity contribution in [3.63, 3.8) is 0 Å². The van der Waals surface area contributed by atoms with E-state index in [0.29, 0.717) is 13.0 Å². The van der Waals surface area contributed by atoms with Crippen molar-refractivity contribution in [1.29, 1.82) is 0 Å². The zero-order valence-electron chi connectivity index (χ0n) is 11.1. The number of hydroxylamine groups is 1. The van der Waals surface area contributed by atoms with Gasteiger partial charge >= 0.3 is 0 Å². The summed E-state index contributed by atoms with van der Waals surface area (Å²) in [5.41, 5.74) is 2.60. The van der Waals surface area contributed by atoms with Gasteiger partial charge in [0.1, 0.15) is 0 Å². The molecule has 2 amide bonds. The molecular weight excluding hydrogens is 256 g/mol. The van der Waals surface area contributed by atoms with Crippen molar-refractivity contribution >= 4 is 17.9 Å². The minimum atomic E-state index is -0.458. The van der Waals surface area contributed by atoms with E-state index >= 15 is 0 Å². The van der Waals surface area contributed by atoms with Crippen LogP contribution < -0.4 is 10.8 Å². The Morgan fingerprint density at radius 1 is 1.15 bits per heavy atom. The number of carbonyl (C=O) groups excluding carboxylic acids is 2. The van der Waals surface area contributed by atoms with Crippen LogP contribution in [0.3, 0.4) is 0 Å². The molecule has 5 heteroatoms. The second kappa shape index (κ2) is 9.52. The highest BCUT2D eigenvalue weighted by molar-refractivity contribution is 5.87. The molecule has 0 bridgehead atoms. The van der Waals surface area contributed by atoms with E-state index in [4.69, 9.17) is 5.21 Å². The van der Waals surface area contributed by atoms with E-state index in [0.717, 1.165) is 5.56 Å². The summed E-state index contributed by atoms with van der Waals surface area (Å²) in [7, 11) is 0. The number of allylic oxidation sites excluding steroid dienone is 2. The van der Waals surface area contributed by atoms with Crippen molar-refractivity contribution in [3.8, 4) is 0 Å². The van der Waals surface area contributed by atoms with E-state index in [1.54, 1.807) is 12.2 Å². The van der Waals surface area contributed by atoms with Gasteiger partial charge in [-0.2, -0.15) is 0 Å². The lowest BCUT2D eigenvalue weighted by Crippen LogP contribution is -2.24. The molecule has 1 aromatic carbocycles. The standard InChI is InChI=1S/C15H18N2O3/c18-14(16-12-6-11-15(19)17-20)10-5-4-9-13-7-2-1-3-8-13/h1-5,7-10,20H,6,11-12H2,(H,16,18)(H,17,19)/b9-4+,10-5+. The molecule has 0 unspecified atom stereocenters. The molecule has 0 aliphatic heterocycles. The molecule has 0 aromatic heterocycles. The van der Waals surface area contributed by atoms with Gasteiger partial charge in [0.05, 0.1) is 0 Å². The first-order chi connectivity index (χ1) is 9.72. The molecule has 0 saturated carbocycles. The van der Waals surface area contributed by atoms with Crippen molar-refractivity contribution in [2.24, 2.45) is 0 Å². The molecule has 3 N–H and O–H groups in total. The Morgan fingerprint density at radius 2 is 1.90 bits per heavy atom. The fourth-order valence-corrected chi connectivity index (χ4v) is 1.45. The number of carbonyl (C=O) groups is 2. The third kappa shape index (κ3) is 7.13. The number of hydrogen-bond acceptors (Lipinski definition) is 3. The third-order valence-corrected chi connectivity index (χ3v) is 2.45. The molecular formula is C15H18N2O3. The highest BCUT2D eigenvalue weighted by Gasteiger charge is 1.99. The van der Waals surface area contributed by atoms with Crippen molar-refractivity contribution in [1.82, 2.24) is 10.8 Å². The average molecular weight is 274 g/mol. The second-order valence-electron chi connectivity index (χ2n) is 4.06. The summed E-state index contributed by atoms with van der Waals surface area (Å²) in [4.78, 5) is 22.1. The third-order valence-electron chi connectivity index (χ3n) is 2.45. The van der Waals surface area contributed by atoms with Crippen LogP contribution in [-0.4, -0.2) is 23.6 Å². The van der Waals surface area contributed by atoms with Crippen molar-refractivity contribution in [2.75, 3.05) is 6.54 Å². The van der Waals surface area contributed by atoms with Gasteiger partial charge in [-0.15, -0.1) is 0 Å². The maximum Gasteiger partial charge on any atom is 0.243 e. The summed E-state index contributed by atoms with van der Waals surface area (Å²) in [5.74, 6) is -0.673. The number of benzene rings is 1. The van der Waals surface area contributed by atoms with Gasteiger partial charge in [-0.1, -0.05) is 48.6 Å². The number of amides is 2. The van der Waals surface area contributed by atoms with Crippen LogP contribution in [0.25, 0.3) is 6.08 Å². The quantitative estimate of drug-likeness (QED) is 0.233. The van der Waals surface area contributed by atoms with Gasteiger partial charge in [0.2, 0.25) is 11.8 Å². The smallest absolute Gasteiger partial charge is 0.243 e. The summed E-state index contributed by atoms with van der Waals surface area (Å²) in [6.45, 7) is 0.388. The molecule has 0 heterocycles. The molecule has 0 fully saturated rings. The topological polar surface area (TPSA) is 78.4 Å². The van der Waals surface area contributed by atoms with Gasteiger partial charge in [0, 0.05) is 19.0 Å². The first-order valence-corrected chi connectivity index (χ1v) is 6.33. The number of nitrogens with one attached hydrogen (secondary N) is 2. The highest BCUT2D eigenvalue weighted by atomic mass is 16.5. The number of rotatable bonds is 7. The minimum Gasteiger partial charge on any atom is -0.353 e. The van der Waals surface area contributed by atoms with Gasteiger partial charge in [-0.3, -0.25) is 14.8 Å². The first kappa shape index (κ1) is 15.7. The zero-order valence-corrected chi connectivity index (χ0v) is 11.1. The van der Waals surface area contributed by atoms with E-state index in [9.17, 15) is 9.59 Å². The van der Waals surface area contributed by atoms with Crippen LogP contribution in [0.2, 0.25) is 0 Å². The van der Waals surface area contributed by atoms with Crippen LogP contribution >= 0.6 is 0 Å². The van der Waals surface area contributed by atoms with Gasteiger partial charge in [-0.05, 0) is 12.0 Å². The maximum absolute atomic E-state index is 11.4.